The van der Waals surface area contributed by atoms with Crippen LogP contribution in [-0.2, 0) is 27.2 Å². The van der Waals surface area contributed by atoms with Crippen molar-refractivity contribution in [3.05, 3.63) is 35.9 Å². The Bertz CT molecular complexity index is 317. The Labute approximate surface area is 97.9 Å². The van der Waals surface area contributed by atoms with Crippen LogP contribution in [0.1, 0.15) is 5.56 Å². The molecule has 14 heavy (non-hydrogen) atoms. The largest absolute Gasteiger partial charge is 0.497 e. The van der Waals surface area contributed by atoms with E-state index in [2.05, 4.69) is 0 Å². The van der Waals surface area contributed by atoms with Crippen molar-refractivity contribution in [3.8, 4) is 5.75 Å². The van der Waals surface area contributed by atoms with Crippen molar-refractivity contribution in [1.29, 1.82) is 0 Å². The zero-order chi connectivity index (χ0) is 9.68. The quantitative estimate of drug-likeness (QED) is 0.680. The summed E-state index contributed by atoms with van der Waals surface area (Å²) in [6.07, 6.45) is 2.63. The maximum atomic E-state index is 10.2. The van der Waals surface area contributed by atoms with Gasteiger partial charge in [-0.15, -0.1) is 0 Å². The average molecular weight is 286 g/mol. The average Bonchev–Trinajstić information content (AvgIpc) is 2.15. The van der Waals surface area contributed by atoms with Crippen LogP contribution in [0, 0.1) is 0 Å². The molecule has 1 radical (unpaired) electrons. The Morgan fingerprint density at radius 3 is 2.36 bits per heavy atom. The van der Waals surface area contributed by atoms with Crippen molar-refractivity contribution in [2.24, 2.45) is 0 Å². The summed E-state index contributed by atoms with van der Waals surface area (Å²) in [6, 6.07) is 7.14. The minimum atomic E-state index is -0.948. The van der Waals surface area contributed by atoms with Crippen LogP contribution in [0.15, 0.2) is 30.3 Å². The third-order valence-corrected chi connectivity index (χ3v) is 1.53. The zero-order valence-corrected chi connectivity index (χ0v) is 9.01. The SMILES string of the molecule is COc1ccc(/C=C/C(=O)O)cc1.[Ag]. The first kappa shape index (κ1) is 13.0. The monoisotopic (exact) mass is 285 g/mol. The standard InChI is InChI=1S/C10H10O3.Ag/c1-13-9-5-2-8(3-6-9)4-7-10(11)12;/h2-7H,1H3,(H,11,12);/b7-4+;. The van der Waals surface area contributed by atoms with E-state index in [4.69, 9.17) is 9.84 Å². The summed E-state index contributed by atoms with van der Waals surface area (Å²) in [7, 11) is 1.59. The summed E-state index contributed by atoms with van der Waals surface area (Å²) < 4.78 is 4.95. The van der Waals surface area contributed by atoms with Crippen LogP contribution in [0.3, 0.4) is 0 Å². The Kier molecular flexibility index (Phi) is 5.96. The fraction of sp³-hybridized carbons (Fsp3) is 0.100. The van der Waals surface area contributed by atoms with E-state index in [1.54, 1.807) is 31.4 Å². The number of methoxy groups -OCH3 is 1. The van der Waals surface area contributed by atoms with E-state index in [9.17, 15) is 4.79 Å². The van der Waals surface area contributed by atoms with Crippen molar-refractivity contribution in [1.82, 2.24) is 0 Å². The molecule has 3 nitrogen and oxygen atoms in total. The van der Waals surface area contributed by atoms with Crippen LogP contribution in [0.4, 0.5) is 0 Å². The van der Waals surface area contributed by atoms with Gasteiger partial charge < -0.3 is 9.84 Å². The van der Waals surface area contributed by atoms with Gasteiger partial charge in [-0.1, -0.05) is 12.1 Å². The van der Waals surface area contributed by atoms with Gasteiger partial charge in [0.25, 0.3) is 0 Å². The predicted molar refractivity (Wildman–Crippen MR) is 49.7 cm³/mol. The smallest absolute Gasteiger partial charge is 0.328 e. The Balaban J connectivity index is 0.00000169. The summed E-state index contributed by atoms with van der Waals surface area (Å²) in [5.41, 5.74) is 0.836. The summed E-state index contributed by atoms with van der Waals surface area (Å²) in [4.78, 5) is 10.2. The van der Waals surface area contributed by atoms with Gasteiger partial charge in [0.1, 0.15) is 5.75 Å². The molecule has 0 unspecified atom stereocenters. The molecule has 0 amide bonds. The van der Waals surface area contributed by atoms with Crippen LogP contribution in [0.25, 0.3) is 6.08 Å². The molecule has 0 saturated carbocycles. The summed E-state index contributed by atoms with van der Waals surface area (Å²) >= 11 is 0. The molecule has 0 aliphatic carbocycles. The Hall–Kier alpha value is -1.03. The molecule has 0 spiro atoms. The molecular formula is C10H10AgO3. The number of rotatable bonds is 3. The first-order valence-corrected chi connectivity index (χ1v) is 3.77. The topological polar surface area (TPSA) is 46.5 Å². The number of ether oxygens (including phenoxy) is 1. The van der Waals surface area contributed by atoms with Crippen LogP contribution in [0.2, 0.25) is 0 Å². The molecular weight excluding hydrogens is 276 g/mol. The summed E-state index contributed by atoms with van der Waals surface area (Å²) in [6.45, 7) is 0. The molecule has 0 heterocycles. The second kappa shape index (κ2) is 6.43. The number of aliphatic carboxylic acids is 1. The normalized spacial score (nSPS) is 9.50. The van der Waals surface area contributed by atoms with Gasteiger partial charge in [0, 0.05) is 28.5 Å². The summed E-state index contributed by atoms with van der Waals surface area (Å²) in [5, 5.41) is 8.36. The minimum absolute atomic E-state index is 0. The third-order valence-electron chi connectivity index (χ3n) is 1.53. The van der Waals surface area contributed by atoms with E-state index in [0.717, 1.165) is 17.4 Å². The number of hydrogen-bond acceptors (Lipinski definition) is 2. The molecule has 0 aliphatic heterocycles. The van der Waals surface area contributed by atoms with Crippen LogP contribution < -0.4 is 4.74 Å². The molecule has 1 rings (SSSR count). The molecule has 4 heteroatoms. The molecule has 0 bridgehead atoms. The molecule has 79 valence electrons. The van der Waals surface area contributed by atoms with Gasteiger partial charge in [-0.25, -0.2) is 4.79 Å². The van der Waals surface area contributed by atoms with Crippen molar-refractivity contribution in [2.45, 2.75) is 0 Å². The Morgan fingerprint density at radius 1 is 1.36 bits per heavy atom. The van der Waals surface area contributed by atoms with Gasteiger partial charge in [0.2, 0.25) is 0 Å². The van der Waals surface area contributed by atoms with E-state index in [1.807, 2.05) is 0 Å². The molecule has 0 aliphatic rings. The van der Waals surface area contributed by atoms with E-state index in [1.165, 1.54) is 6.08 Å². The molecule has 1 aromatic rings. The van der Waals surface area contributed by atoms with Gasteiger partial charge in [-0.2, -0.15) is 0 Å². The van der Waals surface area contributed by atoms with E-state index in [0.29, 0.717) is 0 Å². The number of carboxylic acid groups (broad SMARTS) is 1. The molecule has 0 saturated heterocycles. The van der Waals surface area contributed by atoms with Gasteiger partial charge in [-0.05, 0) is 23.8 Å². The van der Waals surface area contributed by atoms with Gasteiger partial charge in [0.05, 0.1) is 7.11 Å². The maximum absolute atomic E-state index is 10.2. The maximum Gasteiger partial charge on any atom is 0.328 e. The number of hydrogen-bond donors (Lipinski definition) is 1. The fourth-order valence-electron chi connectivity index (χ4n) is 0.883. The zero-order valence-electron chi connectivity index (χ0n) is 7.53. The predicted octanol–water partition coefficient (Wildman–Crippen LogP) is 1.79. The molecule has 0 aromatic heterocycles. The van der Waals surface area contributed by atoms with Crippen molar-refractivity contribution in [3.63, 3.8) is 0 Å². The number of carboxylic acids is 1. The second-order valence-corrected chi connectivity index (χ2v) is 2.44. The first-order chi connectivity index (χ1) is 6.22. The van der Waals surface area contributed by atoms with Crippen LogP contribution in [0.5, 0.6) is 5.75 Å². The molecule has 0 atom stereocenters. The van der Waals surface area contributed by atoms with Gasteiger partial charge >= 0.3 is 5.97 Å². The van der Waals surface area contributed by atoms with Crippen LogP contribution >= 0.6 is 0 Å². The van der Waals surface area contributed by atoms with Crippen molar-refractivity contribution in [2.75, 3.05) is 7.11 Å². The Morgan fingerprint density at radius 2 is 1.93 bits per heavy atom. The van der Waals surface area contributed by atoms with Crippen molar-refractivity contribution >= 4 is 12.0 Å². The second-order valence-electron chi connectivity index (χ2n) is 2.44. The third kappa shape index (κ3) is 4.28. The van der Waals surface area contributed by atoms with E-state index >= 15 is 0 Å². The van der Waals surface area contributed by atoms with Crippen molar-refractivity contribution < 1.29 is 37.0 Å². The van der Waals surface area contributed by atoms with Gasteiger partial charge in [0.15, 0.2) is 0 Å². The van der Waals surface area contributed by atoms with E-state index < -0.39 is 5.97 Å². The molecule has 1 N–H and O–H groups in total. The molecule has 1 aromatic carbocycles. The molecule has 0 fully saturated rings. The first-order valence-electron chi connectivity index (χ1n) is 3.77. The van der Waals surface area contributed by atoms with E-state index in [-0.39, 0.29) is 22.4 Å². The number of benzene rings is 1. The van der Waals surface area contributed by atoms with Crippen LogP contribution in [-0.4, -0.2) is 18.2 Å². The minimum Gasteiger partial charge on any atom is -0.497 e. The summed E-state index contributed by atoms with van der Waals surface area (Å²) in [5.74, 6) is -0.191. The van der Waals surface area contributed by atoms with Gasteiger partial charge in [-0.3, -0.25) is 0 Å². The number of carbonyl (C=O) groups is 1. The fourth-order valence-corrected chi connectivity index (χ4v) is 0.883.